The van der Waals surface area contributed by atoms with Crippen LogP contribution in [0.2, 0.25) is 0 Å². The number of hydrogen-bond donors (Lipinski definition) is 1. The number of hydrogen-bond acceptors (Lipinski definition) is 2. The van der Waals surface area contributed by atoms with Crippen molar-refractivity contribution in [2.75, 3.05) is 0 Å². The molecule has 0 saturated heterocycles. The van der Waals surface area contributed by atoms with E-state index in [9.17, 15) is 0 Å². The SMILES string of the molecule is C=CCc1cccnc1CO. The Hall–Kier alpha value is -1.15. The summed E-state index contributed by atoms with van der Waals surface area (Å²) in [6.45, 7) is 3.63. The zero-order valence-electron chi connectivity index (χ0n) is 6.33. The van der Waals surface area contributed by atoms with Crippen LogP contribution in [0.25, 0.3) is 0 Å². The Labute approximate surface area is 66.2 Å². The molecule has 0 aliphatic rings. The number of rotatable bonds is 3. The van der Waals surface area contributed by atoms with Gasteiger partial charge in [0.2, 0.25) is 0 Å². The van der Waals surface area contributed by atoms with Crippen molar-refractivity contribution < 1.29 is 5.11 Å². The molecule has 0 saturated carbocycles. The average Bonchev–Trinajstić information content (AvgIpc) is 2.06. The van der Waals surface area contributed by atoms with Gasteiger partial charge in [0.15, 0.2) is 0 Å². The maximum absolute atomic E-state index is 8.85. The Morgan fingerprint density at radius 2 is 2.45 bits per heavy atom. The summed E-state index contributed by atoms with van der Waals surface area (Å²) >= 11 is 0. The smallest absolute Gasteiger partial charge is 0.0855 e. The third-order valence-corrected chi connectivity index (χ3v) is 1.50. The predicted octanol–water partition coefficient (Wildman–Crippen LogP) is 1.30. The van der Waals surface area contributed by atoms with Gasteiger partial charge in [-0.2, -0.15) is 0 Å². The minimum Gasteiger partial charge on any atom is -0.390 e. The van der Waals surface area contributed by atoms with Crippen molar-refractivity contribution in [1.82, 2.24) is 4.98 Å². The van der Waals surface area contributed by atoms with Gasteiger partial charge in [-0.25, -0.2) is 0 Å². The molecule has 0 aromatic carbocycles. The molecule has 0 aliphatic heterocycles. The Balaban J connectivity index is 2.92. The van der Waals surface area contributed by atoms with Gasteiger partial charge in [-0.05, 0) is 18.1 Å². The first-order valence-electron chi connectivity index (χ1n) is 3.53. The van der Waals surface area contributed by atoms with E-state index in [-0.39, 0.29) is 6.61 Å². The lowest BCUT2D eigenvalue weighted by molar-refractivity contribution is 0.275. The van der Waals surface area contributed by atoms with Gasteiger partial charge in [0.05, 0.1) is 12.3 Å². The standard InChI is InChI=1S/C9H11NO/c1-2-4-8-5-3-6-10-9(8)7-11/h2-3,5-6,11H,1,4,7H2. The van der Waals surface area contributed by atoms with Gasteiger partial charge in [0, 0.05) is 6.20 Å². The molecule has 2 heteroatoms. The van der Waals surface area contributed by atoms with E-state index in [1.165, 1.54) is 0 Å². The molecule has 0 amide bonds. The van der Waals surface area contributed by atoms with Crippen LogP contribution in [0.5, 0.6) is 0 Å². The van der Waals surface area contributed by atoms with E-state index in [0.717, 1.165) is 17.7 Å². The summed E-state index contributed by atoms with van der Waals surface area (Å²) in [4.78, 5) is 4.02. The second-order valence-electron chi connectivity index (χ2n) is 2.26. The van der Waals surface area contributed by atoms with Crippen molar-refractivity contribution >= 4 is 0 Å². The third-order valence-electron chi connectivity index (χ3n) is 1.50. The molecule has 1 heterocycles. The summed E-state index contributed by atoms with van der Waals surface area (Å²) < 4.78 is 0. The fourth-order valence-corrected chi connectivity index (χ4v) is 0.955. The molecule has 0 spiro atoms. The van der Waals surface area contributed by atoms with Gasteiger partial charge in [-0.3, -0.25) is 4.98 Å². The Morgan fingerprint density at radius 3 is 3.09 bits per heavy atom. The Morgan fingerprint density at radius 1 is 1.64 bits per heavy atom. The molecule has 0 unspecified atom stereocenters. The van der Waals surface area contributed by atoms with E-state index >= 15 is 0 Å². The number of aliphatic hydroxyl groups excluding tert-OH is 1. The van der Waals surface area contributed by atoms with E-state index in [1.807, 2.05) is 12.1 Å². The van der Waals surface area contributed by atoms with E-state index in [0.29, 0.717) is 0 Å². The third kappa shape index (κ3) is 1.88. The molecule has 0 atom stereocenters. The van der Waals surface area contributed by atoms with Crippen molar-refractivity contribution in [2.45, 2.75) is 13.0 Å². The fourth-order valence-electron chi connectivity index (χ4n) is 0.955. The number of pyridine rings is 1. The predicted molar refractivity (Wildman–Crippen MR) is 44.1 cm³/mol. The van der Waals surface area contributed by atoms with Gasteiger partial charge in [0.1, 0.15) is 0 Å². The molecule has 1 N–H and O–H groups in total. The first-order chi connectivity index (χ1) is 5.38. The highest BCUT2D eigenvalue weighted by atomic mass is 16.3. The van der Waals surface area contributed by atoms with Gasteiger partial charge in [0.25, 0.3) is 0 Å². The van der Waals surface area contributed by atoms with Crippen molar-refractivity contribution in [3.05, 3.63) is 42.2 Å². The lowest BCUT2D eigenvalue weighted by Crippen LogP contribution is -1.95. The van der Waals surface area contributed by atoms with Crippen LogP contribution >= 0.6 is 0 Å². The van der Waals surface area contributed by atoms with Crippen LogP contribution in [-0.2, 0) is 13.0 Å². The van der Waals surface area contributed by atoms with Crippen molar-refractivity contribution in [3.8, 4) is 0 Å². The highest BCUT2D eigenvalue weighted by molar-refractivity contribution is 5.21. The number of aromatic nitrogens is 1. The van der Waals surface area contributed by atoms with Crippen LogP contribution in [-0.4, -0.2) is 10.1 Å². The molecule has 0 fully saturated rings. The van der Waals surface area contributed by atoms with E-state index < -0.39 is 0 Å². The fraction of sp³-hybridized carbons (Fsp3) is 0.222. The average molecular weight is 149 g/mol. The van der Waals surface area contributed by atoms with Gasteiger partial charge in [-0.15, -0.1) is 6.58 Å². The lowest BCUT2D eigenvalue weighted by atomic mass is 10.1. The van der Waals surface area contributed by atoms with Crippen molar-refractivity contribution in [3.63, 3.8) is 0 Å². The van der Waals surface area contributed by atoms with Crippen LogP contribution in [0.4, 0.5) is 0 Å². The summed E-state index contributed by atoms with van der Waals surface area (Å²) in [5, 5.41) is 8.85. The topological polar surface area (TPSA) is 33.1 Å². The summed E-state index contributed by atoms with van der Waals surface area (Å²) in [6.07, 6.45) is 4.25. The van der Waals surface area contributed by atoms with E-state index in [4.69, 9.17) is 5.11 Å². The second-order valence-corrected chi connectivity index (χ2v) is 2.26. The van der Waals surface area contributed by atoms with Gasteiger partial charge >= 0.3 is 0 Å². The molecule has 2 nitrogen and oxygen atoms in total. The molecule has 0 aliphatic carbocycles. The van der Waals surface area contributed by atoms with Crippen molar-refractivity contribution in [1.29, 1.82) is 0 Å². The largest absolute Gasteiger partial charge is 0.390 e. The van der Waals surface area contributed by atoms with Crippen LogP contribution in [0.1, 0.15) is 11.3 Å². The first kappa shape index (κ1) is 7.95. The molecule has 1 rings (SSSR count). The highest BCUT2D eigenvalue weighted by Crippen LogP contribution is 2.05. The minimum absolute atomic E-state index is 0.00398. The molecule has 0 radical (unpaired) electrons. The molecule has 1 aromatic rings. The molecule has 11 heavy (non-hydrogen) atoms. The van der Waals surface area contributed by atoms with Gasteiger partial charge < -0.3 is 5.11 Å². The zero-order valence-corrected chi connectivity index (χ0v) is 6.33. The molecular weight excluding hydrogens is 138 g/mol. The van der Waals surface area contributed by atoms with E-state index in [1.54, 1.807) is 12.3 Å². The number of aliphatic hydroxyl groups is 1. The Bertz CT molecular complexity index is 245. The van der Waals surface area contributed by atoms with Crippen LogP contribution in [0, 0.1) is 0 Å². The van der Waals surface area contributed by atoms with Gasteiger partial charge in [-0.1, -0.05) is 12.1 Å². The van der Waals surface area contributed by atoms with Crippen molar-refractivity contribution in [2.24, 2.45) is 0 Å². The molecule has 1 aromatic heterocycles. The highest BCUT2D eigenvalue weighted by Gasteiger charge is 1.97. The minimum atomic E-state index is 0.00398. The lowest BCUT2D eigenvalue weighted by Gasteiger charge is -2.01. The molecular formula is C9H11NO. The summed E-state index contributed by atoms with van der Waals surface area (Å²) in [7, 11) is 0. The summed E-state index contributed by atoms with van der Waals surface area (Å²) in [5.41, 5.74) is 1.79. The number of nitrogens with zero attached hydrogens (tertiary/aromatic N) is 1. The Kier molecular flexibility index (Phi) is 2.81. The van der Waals surface area contributed by atoms with Crippen LogP contribution < -0.4 is 0 Å². The maximum atomic E-state index is 8.85. The molecule has 0 bridgehead atoms. The number of allylic oxidation sites excluding steroid dienone is 1. The summed E-state index contributed by atoms with van der Waals surface area (Å²) in [6, 6.07) is 3.80. The quantitative estimate of drug-likeness (QED) is 0.657. The second kappa shape index (κ2) is 3.88. The zero-order chi connectivity index (χ0) is 8.10. The van der Waals surface area contributed by atoms with E-state index in [2.05, 4.69) is 11.6 Å². The maximum Gasteiger partial charge on any atom is 0.0855 e. The monoisotopic (exact) mass is 149 g/mol. The first-order valence-corrected chi connectivity index (χ1v) is 3.53. The van der Waals surface area contributed by atoms with Crippen LogP contribution in [0.3, 0.4) is 0 Å². The summed E-state index contributed by atoms with van der Waals surface area (Å²) in [5.74, 6) is 0. The normalized spacial score (nSPS) is 9.55. The van der Waals surface area contributed by atoms with Crippen LogP contribution in [0.15, 0.2) is 31.0 Å². The molecule has 58 valence electrons.